The summed E-state index contributed by atoms with van der Waals surface area (Å²) < 4.78 is 35.1. The highest BCUT2D eigenvalue weighted by Gasteiger charge is 2.48. The number of alkyl halides is 2. The Hall–Kier alpha value is -5.38. The minimum Gasteiger partial charge on any atom is -0.495 e. The largest absolute Gasteiger partial charge is 0.495 e. The van der Waals surface area contributed by atoms with Crippen LogP contribution in [0.25, 0.3) is 0 Å². The van der Waals surface area contributed by atoms with Crippen molar-refractivity contribution in [3.63, 3.8) is 0 Å². The van der Waals surface area contributed by atoms with Gasteiger partial charge in [0.2, 0.25) is 11.9 Å². The van der Waals surface area contributed by atoms with E-state index in [0.29, 0.717) is 35.8 Å². The summed E-state index contributed by atoms with van der Waals surface area (Å²) in [4.78, 5) is 65.6. The van der Waals surface area contributed by atoms with Crippen LogP contribution in [-0.4, -0.2) is 110 Å². The summed E-state index contributed by atoms with van der Waals surface area (Å²) in [5, 5.41) is 6.32. The molecule has 328 valence electrons. The monoisotopic (exact) mass is 843 g/mol. The summed E-state index contributed by atoms with van der Waals surface area (Å²) in [6.45, 7) is 9.48. The molecule has 4 aliphatic rings. The Bertz CT molecular complexity index is 2090. The molecule has 7 rings (SSSR count). The van der Waals surface area contributed by atoms with Gasteiger partial charge in [0.05, 0.1) is 31.5 Å². The third-order valence-electron chi connectivity index (χ3n) is 13.2. The van der Waals surface area contributed by atoms with E-state index >= 15 is 0 Å². The molecule has 4 heterocycles. The van der Waals surface area contributed by atoms with Gasteiger partial charge in [0.25, 0.3) is 11.8 Å². The molecule has 1 saturated carbocycles. The van der Waals surface area contributed by atoms with Crippen molar-refractivity contribution in [1.29, 1.82) is 0 Å². The molecule has 1 spiro atoms. The number of amides is 3. The maximum absolute atomic E-state index is 14.8. The van der Waals surface area contributed by atoms with Crippen molar-refractivity contribution in [3.8, 4) is 5.75 Å². The van der Waals surface area contributed by atoms with Crippen molar-refractivity contribution in [3.05, 3.63) is 59.8 Å². The molecule has 61 heavy (non-hydrogen) atoms. The van der Waals surface area contributed by atoms with Gasteiger partial charge in [-0.25, -0.2) is 4.98 Å². The van der Waals surface area contributed by atoms with E-state index in [1.165, 1.54) is 32.2 Å². The van der Waals surface area contributed by atoms with E-state index in [0.717, 1.165) is 87.4 Å². The van der Waals surface area contributed by atoms with Gasteiger partial charge in [-0.1, -0.05) is 12.1 Å². The highest BCUT2D eigenvalue weighted by molar-refractivity contribution is 6.02. The average Bonchev–Trinajstić information content (AvgIpc) is 3.29. The van der Waals surface area contributed by atoms with E-state index < -0.39 is 30.2 Å². The Morgan fingerprint density at radius 2 is 1.70 bits per heavy atom. The second-order valence-corrected chi connectivity index (χ2v) is 17.8. The number of rotatable bonds is 14. The molecule has 0 radical (unpaired) electrons. The molecule has 14 nitrogen and oxygen atoms in total. The van der Waals surface area contributed by atoms with Crippen LogP contribution in [0.5, 0.6) is 5.75 Å². The van der Waals surface area contributed by atoms with Crippen LogP contribution in [0.15, 0.2) is 48.7 Å². The number of benzene rings is 2. The summed E-state index contributed by atoms with van der Waals surface area (Å²) in [6, 6.07) is 12.9. The third-order valence-corrected chi connectivity index (χ3v) is 13.2. The van der Waals surface area contributed by atoms with Gasteiger partial charge in [0, 0.05) is 56.4 Å². The number of hydrogen-bond donors (Lipinski definition) is 3. The second-order valence-electron chi connectivity index (χ2n) is 17.8. The lowest BCUT2D eigenvalue weighted by atomic mass is 9.60. The molecule has 1 atom stereocenters. The van der Waals surface area contributed by atoms with Crippen LogP contribution < -0.4 is 35.8 Å². The zero-order valence-electron chi connectivity index (χ0n) is 35.9. The first-order valence-corrected chi connectivity index (χ1v) is 21.5. The molecule has 0 bridgehead atoms. The minimum absolute atomic E-state index is 0.0550. The molecule has 2 aromatic carbocycles. The van der Waals surface area contributed by atoms with Crippen LogP contribution in [0.2, 0.25) is 0 Å². The number of hydrogen-bond acceptors (Lipinski definition) is 11. The fourth-order valence-electron chi connectivity index (χ4n) is 9.52. The summed E-state index contributed by atoms with van der Waals surface area (Å²) in [6.07, 6.45) is 8.58. The summed E-state index contributed by atoms with van der Waals surface area (Å²) in [5.74, 6) is -4.51. The van der Waals surface area contributed by atoms with Gasteiger partial charge < -0.3 is 45.5 Å². The maximum atomic E-state index is 14.8. The van der Waals surface area contributed by atoms with Crippen molar-refractivity contribution in [2.45, 2.75) is 96.1 Å². The number of nitrogens with one attached hydrogen (secondary N) is 2. The van der Waals surface area contributed by atoms with Crippen LogP contribution in [0.3, 0.4) is 0 Å². The number of anilines is 5. The van der Waals surface area contributed by atoms with Crippen molar-refractivity contribution < 1.29 is 32.7 Å². The first-order chi connectivity index (χ1) is 29.0. The van der Waals surface area contributed by atoms with Gasteiger partial charge >= 0.3 is 5.92 Å². The fraction of sp³-hybridized carbons (Fsp3) is 0.556. The summed E-state index contributed by atoms with van der Waals surface area (Å²) in [7, 11) is 2.79. The molecule has 4 N–H and O–H groups in total. The number of nitrogens with zero attached hydrogens (tertiary/aromatic N) is 6. The molecular formula is C45H59F2N9O5. The number of carbonyl (C=O) groups is 4. The van der Waals surface area contributed by atoms with Crippen molar-refractivity contribution in [1.82, 2.24) is 20.2 Å². The standard InChI is InChI=1S/C45H59F2N9O5/c1-28(2)56-27-45(46,47)42(60)53(4)37-25-49-43(52-40(37)56)51-36-13-9-32(22-38(36)61-5)41(59)50-33-23-44(24-33)16-20-54(21-17-44)26-30-14-18-55(19-15-30)34-10-7-31(8-11-34)35(39(48)58)12-6-29(3)57/h7-11,13,22,25,28,30,33,35H,6,12,14-21,23-24,26-27H2,1-5H3,(H2,48,58)(H,50,59)(H,49,51,52). The van der Waals surface area contributed by atoms with Crippen LogP contribution in [0, 0.1) is 11.3 Å². The summed E-state index contributed by atoms with van der Waals surface area (Å²) >= 11 is 0. The van der Waals surface area contributed by atoms with Gasteiger partial charge in [-0.15, -0.1) is 0 Å². The van der Waals surface area contributed by atoms with E-state index in [-0.39, 0.29) is 46.6 Å². The van der Waals surface area contributed by atoms with Crippen LogP contribution in [0.1, 0.15) is 94.0 Å². The van der Waals surface area contributed by atoms with Gasteiger partial charge in [-0.3, -0.25) is 14.4 Å². The number of Topliss-reactive ketones (excluding diaryl/α,β-unsaturated/α-hetero) is 1. The maximum Gasteiger partial charge on any atom is 0.342 e. The predicted octanol–water partition coefficient (Wildman–Crippen LogP) is 5.88. The van der Waals surface area contributed by atoms with Crippen molar-refractivity contribution >= 4 is 52.3 Å². The molecule has 3 fully saturated rings. The van der Waals surface area contributed by atoms with Gasteiger partial charge in [-0.2, -0.15) is 13.8 Å². The van der Waals surface area contributed by atoms with Gasteiger partial charge in [0.1, 0.15) is 17.2 Å². The topological polar surface area (TPSA) is 166 Å². The lowest BCUT2D eigenvalue weighted by Gasteiger charge is -2.52. The third kappa shape index (κ3) is 9.74. The van der Waals surface area contributed by atoms with E-state index in [1.54, 1.807) is 32.0 Å². The number of halogens is 2. The lowest BCUT2D eigenvalue weighted by molar-refractivity contribution is -0.140. The molecule has 16 heteroatoms. The molecule has 1 aromatic heterocycles. The minimum atomic E-state index is -3.59. The van der Waals surface area contributed by atoms with E-state index in [2.05, 4.69) is 42.5 Å². The van der Waals surface area contributed by atoms with Crippen molar-refractivity contribution in [2.24, 2.45) is 17.1 Å². The number of nitrogens with two attached hydrogens (primary N) is 1. The quantitative estimate of drug-likeness (QED) is 0.177. The Kier molecular flexibility index (Phi) is 12.8. The Balaban J connectivity index is 0.860. The molecule has 3 aliphatic heterocycles. The van der Waals surface area contributed by atoms with Gasteiger partial charge in [-0.05, 0) is 126 Å². The van der Waals surface area contributed by atoms with Crippen molar-refractivity contribution in [2.75, 3.05) is 73.4 Å². The lowest BCUT2D eigenvalue weighted by Crippen LogP contribution is -2.55. The number of ether oxygens (including phenoxy) is 1. The zero-order valence-corrected chi connectivity index (χ0v) is 35.9. The van der Waals surface area contributed by atoms with Gasteiger partial charge in [0.15, 0.2) is 5.82 Å². The first kappa shape index (κ1) is 43.7. The zero-order chi connectivity index (χ0) is 43.6. The number of primary amides is 1. The number of fused-ring (bicyclic) bond motifs is 1. The number of likely N-dealkylation sites (tertiary alicyclic amines) is 1. The summed E-state index contributed by atoms with van der Waals surface area (Å²) in [5.41, 5.74) is 9.06. The van der Waals surface area contributed by atoms with Crippen LogP contribution >= 0.6 is 0 Å². The Morgan fingerprint density at radius 3 is 2.33 bits per heavy atom. The smallest absolute Gasteiger partial charge is 0.342 e. The Labute approximate surface area is 356 Å². The van der Waals surface area contributed by atoms with E-state index in [9.17, 15) is 28.0 Å². The molecule has 2 saturated heterocycles. The number of aromatic nitrogens is 2. The molecule has 1 unspecified atom stereocenters. The average molecular weight is 844 g/mol. The molecule has 3 aromatic rings. The number of ketones is 1. The van der Waals surface area contributed by atoms with Crippen LogP contribution in [0.4, 0.5) is 37.6 Å². The number of piperidine rings is 2. The normalized spacial score (nSPS) is 19.9. The van der Waals surface area contributed by atoms with E-state index in [4.69, 9.17) is 10.5 Å². The highest BCUT2D eigenvalue weighted by atomic mass is 19.3. The Morgan fingerprint density at radius 1 is 1.02 bits per heavy atom. The van der Waals surface area contributed by atoms with E-state index in [1.807, 2.05) is 12.1 Å². The SMILES string of the molecule is COc1cc(C(=O)NC2CC3(CCN(CC4CCN(c5ccc(C(CCC(C)=O)C(N)=O)cc5)CC4)CC3)C2)ccc1Nc1ncc2c(n1)N(C(C)C)CC(F)(F)C(=O)N2C. The fourth-order valence-corrected chi connectivity index (χ4v) is 9.52. The molecule has 3 amide bonds. The number of carbonyl (C=O) groups excluding carboxylic acids is 4. The van der Waals surface area contributed by atoms with Crippen LogP contribution in [-0.2, 0) is 14.4 Å². The molecule has 1 aliphatic carbocycles. The number of methoxy groups -OCH3 is 1. The second kappa shape index (κ2) is 17.9. The highest BCUT2D eigenvalue weighted by Crippen LogP contribution is 2.49. The first-order valence-electron chi connectivity index (χ1n) is 21.5. The predicted molar refractivity (Wildman–Crippen MR) is 231 cm³/mol. The molecular weight excluding hydrogens is 785 g/mol.